The van der Waals surface area contributed by atoms with E-state index < -0.39 is 0 Å². The minimum Gasteiger partial charge on any atom is -0.359 e. The largest absolute Gasteiger partial charge is 0.359 e. The third kappa shape index (κ3) is 10.00. The molecule has 4 rings (SSSR count). The molecule has 0 fully saturated rings. The fraction of sp³-hybridized carbons (Fsp3) is 0.605. The number of allylic oxidation sites excluding steroid dienone is 5. The molecule has 0 saturated heterocycles. The van der Waals surface area contributed by atoms with Gasteiger partial charge in [-0.3, -0.25) is 15.0 Å². The first-order valence-electron chi connectivity index (χ1n) is 19.1. The molecule has 3 aliphatic heterocycles. The number of hydrogen-bond acceptors (Lipinski definition) is 3. The first-order chi connectivity index (χ1) is 22.7. The summed E-state index contributed by atoms with van der Waals surface area (Å²) < 4.78 is 0. The van der Waals surface area contributed by atoms with Crippen molar-refractivity contribution in [3.05, 3.63) is 73.4 Å². The molecule has 1 aromatic rings. The fourth-order valence-corrected chi connectivity index (χ4v) is 7.58. The highest BCUT2D eigenvalue weighted by Crippen LogP contribution is 2.34. The van der Waals surface area contributed by atoms with Gasteiger partial charge in [0, 0.05) is 29.5 Å². The van der Waals surface area contributed by atoms with Crippen molar-refractivity contribution < 1.29 is 0 Å². The van der Waals surface area contributed by atoms with Gasteiger partial charge in [-0.25, -0.2) is 0 Å². The Balaban J connectivity index is 1.34. The molecule has 256 valence electrons. The number of nitrogens with one attached hydrogen (secondary N) is 1. The van der Waals surface area contributed by atoms with Crippen LogP contribution in [-0.4, -0.2) is 29.2 Å². The third-order valence-corrected chi connectivity index (χ3v) is 10.7. The number of aromatic nitrogens is 1. The smallest absolute Gasteiger partial charge is 0.0920 e. The minimum atomic E-state index is 0.116. The molecule has 4 heterocycles. The van der Waals surface area contributed by atoms with Gasteiger partial charge in [0.05, 0.1) is 17.4 Å². The second-order valence-electron chi connectivity index (χ2n) is 14.4. The third-order valence-electron chi connectivity index (χ3n) is 10.7. The molecule has 0 bridgehead atoms. The molecular formula is C43H64N4. The highest BCUT2D eigenvalue weighted by Gasteiger charge is 2.24. The standard InChI is InChI=1S/C43H64N4/c1-9-11-13-15-17-19-22-36-30(3)28-44-42(36)26-40-32(5)38(34(7)46-40)24-21-25-39-33(6)41(47-35(39)8)27-43-37(31(4)29-45-43)23-20-18-16-14-12-10-2/h26-29,40,47H,9-25H2,1-8H3/b42-26-,43-27-. The average Bonchev–Trinajstić information content (AvgIpc) is 3.74. The van der Waals surface area contributed by atoms with Gasteiger partial charge < -0.3 is 4.98 Å². The van der Waals surface area contributed by atoms with Crippen LogP contribution in [0.15, 0.2) is 65.9 Å². The summed E-state index contributed by atoms with van der Waals surface area (Å²) in [5, 5.41) is 0. The van der Waals surface area contributed by atoms with Crippen molar-refractivity contribution >= 4 is 24.2 Å². The van der Waals surface area contributed by atoms with Crippen molar-refractivity contribution in [1.29, 1.82) is 0 Å². The number of unbranched alkanes of at least 4 members (excludes halogenated alkanes) is 10. The van der Waals surface area contributed by atoms with Crippen molar-refractivity contribution in [2.75, 3.05) is 0 Å². The van der Waals surface area contributed by atoms with Crippen LogP contribution < -0.4 is 0 Å². The van der Waals surface area contributed by atoms with Crippen LogP contribution in [0.25, 0.3) is 6.08 Å². The predicted octanol–water partition coefficient (Wildman–Crippen LogP) is 12.6. The van der Waals surface area contributed by atoms with Crippen LogP contribution in [-0.2, 0) is 6.42 Å². The Hall–Kier alpha value is -3.01. The van der Waals surface area contributed by atoms with Crippen LogP contribution in [0.2, 0.25) is 0 Å². The Morgan fingerprint density at radius 3 is 1.77 bits per heavy atom. The van der Waals surface area contributed by atoms with Crippen molar-refractivity contribution in [3.63, 3.8) is 0 Å². The van der Waals surface area contributed by atoms with E-state index in [4.69, 9.17) is 15.0 Å². The molecule has 1 unspecified atom stereocenters. The zero-order chi connectivity index (χ0) is 33.8. The molecule has 1 aromatic heterocycles. The van der Waals surface area contributed by atoms with E-state index in [-0.39, 0.29) is 6.04 Å². The minimum absolute atomic E-state index is 0.116. The Morgan fingerprint density at radius 2 is 1.15 bits per heavy atom. The first kappa shape index (κ1) is 36.8. The molecule has 4 nitrogen and oxygen atoms in total. The number of H-pyrrole nitrogens is 1. The summed E-state index contributed by atoms with van der Waals surface area (Å²) in [6.07, 6.45) is 30.2. The van der Waals surface area contributed by atoms with E-state index in [0.29, 0.717) is 0 Å². The van der Waals surface area contributed by atoms with Crippen LogP contribution in [0, 0.1) is 13.8 Å². The van der Waals surface area contributed by atoms with Gasteiger partial charge in [0.15, 0.2) is 0 Å². The molecule has 0 spiro atoms. The van der Waals surface area contributed by atoms with Crippen LogP contribution >= 0.6 is 0 Å². The van der Waals surface area contributed by atoms with E-state index in [1.54, 1.807) is 0 Å². The van der Waals surface area contributed by atoms with Crippen LogP contribution in [0.1, 0.15) is 167 Å². The second-order valence-corrected chi connectivity index (χ2v) is 14.4. The van der Waals surface area contributed by atoms with Gasteiger partial charge in [-0.1, -0.05) is 78.1 Å². The summed E-state index contributed by atoms with van der Waals surface area (Å²) in [5.41, 5.74) is 17.2. The molecule has 0 saturated carbocycles. The van der Waals surface area contributed by atoms with Gasteiger partial charge in [0.1, 0.15) is 0 Å². The predicted molar refractivity (Wildman–Crippen MR) is 207 cm³/mol. The lowest BCUT2D eigenvalue weighted by molar-refractivity contribution is 0.607. The van der Waals surface area contributed by atoms with Crippen LogP contribution in [0.5, 0.6) is 0 Å². The number of hydrogen-bond donors (Lipinski definition) is 1. The molecule has 0 aliphatic carbocycles. The Kier molecular flexibility index (Phi) is 14.5. The van der Waals surface area contributed by atoms with E-state index in [9.17, 15) is 0 Å². The van der Waals surface area contributed by atoms with E-state index in [0.717, 1.165) is 43.5 Å². The maximum atomic E-state index is 5.12. The SMILES string of the molecule is CCCCCCCCC1=C(C)C=N/C1=C\c1[nH]c(C)c(CCCC2=C(C)C(/C=C3\N=CC(C)=C3CCCCCCCC)N=C2C)c1C. The summed E-state index contributed by atoms with van der Waals surface area (Å²) >= 11 is 0. The van der Waals surface area contributed by atoms with Gasteiger partial charge >= 0.3 is 0 Å². The maximum absolute atomic E-state index is 5.12. The molecule has 1 atom stereocenters. The number of aromatic amines is 1. The maximum Gasteiger partial charge on any atom is 0.0920 e. The second kappa shape index (κ2) is 18.5. The number of aryl methyl sites for hydroxylation is 1. The molecule has 0 radical (unpaired) electrons. The van der Waals surface area contributed by atoms with Gasteiger partial charge in [-0.05, 0) is 143 Å². The zero-order valence-corrected chi connectivity index (χ0v) is 31.2. The Morgan fingerprint density at radius 1 is 0.617 bits per heavy atom. The molecule has 47 heavy (non-hydrogen) atoms. The van der Waals surface area contributed by atoms with E-state index in [1.165, 1.54) is 139 Å². The highest BCUT2D eigenvalue weighted by molar-refractivity contribution is 6.01. The first-order valence-corrected chi connectivity index (χ1v) is 19.1. The number of nitrogens with zero attached hydrogens (tertiary/aromatic N) is 3. The lowest BCUT2D eigenvalue weighted by Crippen LogP contribution is -2.02. The van der Waals surface area contributed by atoms with Crippen LogP contribution in [0.4, 0.5) is 0 Å². The molecule has 3 aliphatic rings. The fourth-order valence-electron chi connectivity index (χ4n) is 7.58. The molecule has 0 aromatic carbocycles. The summed E-state index contributed by atoms with van der Waals surface area (Å²) in [7, 11) is 0. The monoisotopic (exact) mass is 637 g/mol. The van der Waals surface area contributed by atoms with E-state index in [1.807, 2.05) is 0 Å². The van der Waals surface area contributed by atoms with Crippen molar-refractivity contribution in [2.24, 2.45) is 15.0 Å². The molecule has 4 heteroatoms. The van der Waals surface area contributed by atoms with Crippen molar-refractivity contribution in [2.45, 2.75) is 171 Å². The van der Waals surface area contributed by atoms with Crippen molar-refractivity contribution in [1.82, 2.24) is 4.98 Å². The average molecular weight is 637 g/mol. The van der Waals surface area contributed by atoms with Gasteiger partial charge in [0.2, 0.25) is 0 Å². The summed E-state index contributed by atoms with van der Waals surface area (Å²) in [6, 6.07) is 0.116. The Labute approximate surface area is 287 Å². The quantitative estimate of drug-likeness (QED) is 0.138. The topological polar surface area (TPSA) is 52.9 Å². The van der Waals surface area contributed by atoms with Crippen molar-refractivity contribution in [3.8, 4) is 0 Å². The van der Waals surface area contributed by atoms with Gasteiger partial charge in [0.25, 0.3) is 0 Å². The lowest BCUT2D eigenvalue weighted by Gasteiger charge is -2.10. The molecular weight excluding hydrogens is 573 g/mol. The molecule has 0 amide bonds. The summed E-state index contributed by atoms with van der Waals surface area (Å²) in [4.78, 5) is 18.5. The van der Waals surface area contributed by atoms with Crippen LogP contribution in [0.3, 0.4) is 0 Å². The summed E-state index contributed by atoms with van der Waals surface area (Å²) in [6.45, 7) is 18.0. The van der Waals surface area contributed by atoms with E-state index in [2.05, 4.69) is 85.0 Å². The normalized spacial score (nSPS) is 19.7. The Bertz CT molecular complexity index is 1480. The number of rotatable bonds is 20. The molecule has 1 N–H and O–H groups in total. The highest BCUT2D eigenvalue weighted by atomic mass is 14.8. The summed E-state index contributed by atoms with van der Waals surface area (Å²) in [5.74, 6) is 0. The zero-order valence-electron chi connectivity index (χ0n) is 31.2. The van der Waals surface area contributed by atoms with Gasteiger partial charge in [-0.15, -0.1) is 0 Å². The number of aliphatic imine (C=N–C) groups is 3. The van der Waals surface area contributed by atoms with Gasteiger partial charge in [-0.2, -0.15) is 0 Å². The van der Waals surface area contributed by atoms with E-state index >= 15 is 0 Å². The lowest BCUT2D eigenvalue weighted by atomic mass is 9.94.